The monoisotopic (exact) mass is 320 g/mol. The highest BCUT2D eigenvalue weighted by Crippen LogP contribution is 2.32. The van der Waals surface area contributed by atoms with Crippen LogP contribution in [0, 0.1) is 0 Å². The maximum atomic E-state index is 5.90. The molecule has 0 fully saturated rings. The Morgan fingerprint density at radius 2 is 2.00 bits per heavy atom. The predicted molar refractivity (Wildman–Crippen MR) is 82.1 cm³/mol. The highest BCUT2D eigenvalue weighted by molar-refractivity contribution is 9.10. The number of hydrogen-bond acceptors (Lipinski definition) is 3. The van der Waals surface area contributed by atoms with Gasteiger partial charge < -0.3 is 10.1 Å². The topological polar surface area (TPSA) is 34.1 Å². The standard InChI is InChI=1S/C15H17BrN2O/c1-10(2)12-9-11(16)7-8-13(12)19-15-6-4-5-14(17-3)18-15/h4-10H,1-3H3,(H,17,18). The number of benzene rings is 1. The van der Waals surface area contributed by atoms with E-state index in [1.54, 1.807) is 0 Å². The van der Waals surface area contributed by atoms with Gasteiger partial charge in [-0.15, -0.1) is 0 Å². The van der Waals surface area contributed by atoms with E-state index >= 15 is 0 Å². The lowest BCUT2D eigenvalue weighted by atomic mass is 10.0. The summed E-state index contributed by atoms with van der Waals surface area (Å²) < 4.78 is 6.95. The summed E-state index contributed by atoms with van der Waals surface area (Å²) in [6.07, 6.45) is 0. The number of nitrogens with one attached hydrogen (secondary N) is 1. The van der Waals surface area contributed by atoms with Crippen molar-refractivity contribution in [3.05, 3.63) is 46.4 Å². The highest BCUT2D eigenvalue weighted by atomic mass is 79.9. The van der Waals surface area contributed by atoms with Crippen molar-refractivity contribution in [3.63, 3.8) is 0 Å². The number of pyridine rings is 1. The van der Waals surface area contributed by atoms with Crippen LogP contribution in [-0.4, -0.2) is 12.0 Å². The molecule has 0 aliphatic rings. The van der Waals surface area contributed by atoms with E-state index in [0.29, 0.717) is 11.8 Å². The summed E-state index contributed by atoms with van der Waals surface area (Å²) in [5.74, 6) is 2.62. The second-order valence-corrected chi connectivity index (χ2v) is 5.47. The molecule has 1 heterocycles. The van der Waals surface area contributed by atoms with Crippen molar-refractivity contribution in [2.45, 2.75) is 19.8 Å². The van der Waals surface area contributed by atoms with Crippen LogP contribution in [-0.2, 0) is 0 Å². The van der Waals surface area contributed by atoms with Gasteiger partial charge in [0, 0.05) is 17.6 Å². The van der Waals surface area contributed by atoms with Crippen molar-refractivity contribution in [1.82, 2.24) is 4.98 Å². The van der Waals surface area contributed by atoms with E-state index < -0.39 is 0 Å². The molecule has 2 rings (SSSR count). The zero-order valence-electron chi connectivity index (χ0n) is 11.3. The van der Waals surface area contributed by atoms with Crippen LogP contribution in [0.3, 0.4) is 0 Å². The van der Waals surface area contributed by atoms with Crippen LogP contribution in [0.5, 0.6) is 11.6 Å². The van der Waals surface area contributed by atoms with Crippen LogP contribution in [0.2, 0.25) is 0 Å². The lowest BCUT2D eigenvalue weighted by Crippen LogP contribution is -1.97. The number of halogens is 1. The van der Waals surface area contributed by atoms with Crippen LogP contribution in [0.25, 0.3) is 0 Å². The lowest BCUT2D eigenvalue weighted by Gasteiger charge is -2.14. The SMILES string of the molecule is CNc1cccc(Oc2ccc(Br)cc2C(C)C)n1. The summed E-state index contributed by atoms with van der Waals surface area (Å²) in [6.45, 7) is 4.29. The largest absolute Gasteiger partial charge is 0.439 e. The molecule has 2 aromatic rings. The quantitative estimate of drug-likeness (QED) is 0.878. The highest BCUT2D eigenvalue weighted by Gasteiger charge is 2.10. The fourth-order valence-electron chi connectivity index (χ4n) is 1.79. The summed E-state index contributed by atoms with van der Waals surface area (Å²) in [4.78, 5) is 4.36. The molecule has 0 radical (unpaired) electrons. The van der Waals surface area contributed by atoms with Crippen molar-refractivity contribution in [1.29, 1.82) is 0 Å². The first kappa shape index (κ1) is 13.9. The Balaban J connectivity index is 2.32. The van der Waals surface area contributed by atoms with E-state index in [-0.39, 0.29) is 0 Å². The second kappa shape index (κ2) is 6.06. The Bertz CT molecular complexity index is 570. The summed E-state index contributed by atoms with van der Waals surface area (Å²) in [5, 5.41) is 3.00. The van der Waals surface area contributed by atoms with Gasteiger partial charge in [0.15, 0.2) is 0 Å². The summed E-state index contributed by atoms with van der Waals surface area (Å²) in [7, 11) is 1.84. The average molecular weight is 321 g/mol. The van der Waals surface area contributed by atoms with Crippen LogP contribution < -0.4 is 10.1 Å². The van der Waals surface area contributed by atoms with E-state index in [1.807, 2.05) is 37.4 Å². The molecule has 0 spiro atoms. The van der Waals surface area contributed by atoms with Gasteiger partial charge in [0.25, 0.3) is 0 Å². The number of ether oxygens (including phenoxy) is 1. The van der Waals surface area contributed by atoms with Crippen LogP contribution in [0.1, 0.15) is 25.3 Å². The zero-order chi connectivity index (χ0) is 13.8. The average Bonchev–Trinajstić information content (AvgIpc) is 2.41. The second-order valence-electron chi connectivity index (χ2n) is 4.55. The molecule has 0 saturated carbocycles. The maximum Gasteiger partial charge on any atom is 0.221 e. The van der Waals surface area contributed by atoms with E-state index in [0.717, 1.165) is 21.6 Å². The van der Waals surface area contributed by atoms with Gasteiger partial charge in [0.1, 0.15) is 11.6 Å². The Kier molecular flexibility index (Phi) is 4.43. The normalized spacial score (nSPS) is 10.6. The van der Waals surface area contributed by atoms with Gasteiger partial charge in [-0.3, -0.25) is 0 Å². The molecule has 4 heteroatoms. The summed E-state index contributed by atoms with van der Waals surface area (Å²) >= 11 is 3.49. The molecule has 0 unspecified atom stereocenters. The van der Waals surface area contributed by atoms with Gasteiger partial charge in [0.05, 0.1) is 0 Å². The molecule has 3 nitrogen and oxygen atoms in total. The van der Waals surface area contributed by atoms with E-state index in [2.05, 4.69) is 46.1 Å². The first-order valence-electron chi connectivity index (χ1n) is 6.22. The van der Waals surface area contributed by atoms with Gasteiger partial charge >= 0.3 is 0 Å². The van der Waals surface area contributed by atoms with Crippen molar-refractivity contribution >= 4 is 21.7 Å². The van der Waals surface area contributed by atoms with Crippen LogP contribution in [0.15, 0.2) is 40.9 Å². The molecular formula is C15H17BrN2O. The number of hydrogen-bond donors (Lipinski definition) is 1. The van der Waals surface area contributed by atoms with Crippen LogP contribution in [0.4, 0.5) is 5.82 Å². The van der Waals surface area contributed by atoms with Gasteiger partial charge in [0.2, 0.25) is 5.88 Å². The predicted octanol–water partition coefficient (Wildman–Crippen LogP) is 4.80. The molecule has 1 aromatic heterocycles. The Morgan fingerprint density at radius 1 is 1.21 bits per heavy atom. The zero-order valence-corrected chi connectivity index (χ0v) is 12.9. The molecule has 0 atom stereocenters. The Labute approximate surface area is 122 Å². The van der Waals surface area contributed by atoms with Gasteiger partial charge in [-0.2, -0.15) is 4.98 Å². The third kappa shape index (κ3) is 3.47. The van der Waals surface area contributed by atoms with Crippen molar-refractivity contribution in [3.8, 4) is 11.6 Å². The molecule has 19 heavy (non-hydrogen) atoms. The van der Waals surface area contributed by atoms with Gasteiger partial charge in [-0.25, -0.2) is 0 Å². The minimum atomic E-state index is 0.389. The van der Waals surface area contributed by atoms with Gasteiger partial charge in [-0.05, 0) is 35.7 Å². The molecular weight excluding hydrogens is 304 g/mol. The minimum Gasteiger partial charge on any atom is -0.439 e. The fraction of sp³-hybridized carbons (Fsp3) is 0.267. The summed E-state index contributed by atoms with van der Waals surface area (Å²) in [5.41, 5.74) is 1.16. The molecule has 0 bridgehead atoms. The third-order valence-corrected chi connectivity index (χ3v) is 3.28. The number of aromatic nitrogens is 1. The Hall–Kier alpha value is -1.55. The number of rotatable bonds is 4. The smallest absolute Gasteiger partial charge is 0.221 e. The van der Waals surface area contributed by atoms with E-state index in [9.17, 15) is 0 Å². The van der Waals surface area contributed by atoms with Crippen molar-refractivity contribution in [2.24, 2.45) is 0 Å². The van der Waals surface area contributed by atoms with Crippen molar-refractivity contribution < 1.29 is 4.74 Å². The van der Waals surface area contributed by atoms with E-state index in [4.69, 9.17) is 4.74 Å². The third-order valence-electron chi connectivity index (χ3n) is 2.79. The van der Waals surface area contributed by atoms with Crippen LogP contribution >= 0.6 is 15.9 Å². The first-order chi connectivity index (χ1) is 9.10. The van der Waals surface area contributed by atoms with E-state index in [1.165, 1.54) is 0 Å². The number of anilines is 1. The first-order valence-corrected chi connectivity index (χ1v) is 7.01. The summed E-state index contributed by atoms with van der Waals surface area (Å²) in [6, 6.07) is 11.7. The molecule has 100 valence electrons. The maximum absolute atomic E-state index is 5.90. The lowest BCUT2D eigenvalue weighted by molar-refractivity contribution is 0.455. The van der Waals surface area contributed by atoms with Crippen molar-refractivity contribution in [2.75, 3.05) is 12.4 Å². The van der Waals surface area contributed by atoms with Gasteiger partial charge in [-0.1, -0.05) is 35.8 Å². The molecule has 1 N–H and O–H groups in total. The Morgan fingerprint density at radius 3 is 2.68 bits per heavy atom. The fourth-order valence-corrected chi connectivity index (χ4v) is 2.17. The molecule has 0 amide bonds. The molecule has 0 aliphatic heterocycles. The number of nitrogens with zero attached hydrogens (tertiary/aromatic N) is 1. The molecule has 0 saturated heterocycles. The molecule has 0 aliphatic carbocycles. The molecule has 1 aromatic carbocycles. The minimum absolute atomic E-state index is 0.389.